The van der Waals surface area contributed by atoms with E-state index in [0.29, 0.717) is 6.42 Å². The maximum Gasteiger partial charge on any atom is 0.240 e. The van der Waals surface area contributed by atoms with Gasteiger partial charge >= 0.3 is 0 Å². The third-order valence-electron chi connectivity index (χ3n) is 5.53. The molecule has 29 heavy (non-hydrogen) atoms. The lowest BCUT2D eigenvalue weighted by Crippen LogP contribution is -2.39. The Bertz CT molecular complexity index is 908. The molecule has 2 aromatic rings. The quantitative estimate of drug-likeness (QED) is 0.719. The molecule has 1 heterocycles. The molecular weight excluding hydrogens is 386 g/mol. The summed E-state index contributed by atoms with van der Waals surface area (Å²) in [6.45, 7) is 2.81. The van der Waals surface area contributed by atoms with Gasteiger partial charge in [-0.05, 0) is 56.2 Å². The van der Waals surface area contributed by atoms with Gasteiger partial charge in [-0.15, -0.1) is 0 Å². The first kappa shape index (κ1) is 21.5. The van der Waals surface area contributed by atoms with Crippen LogP contribution >= 0.6 is 0 Å². The molecule has 1 atom stereocenters. The molecule has 3 rings (SSSR count). The van der Waals surface area contributed by atoms with Crippen LogP contribution in [0.2, 0.25) is 0 Å². The number of nitrogens with zero attached hydrogens (tertiary/aromatic N) is 2. The van der Waals surface area contributed by atoms with Crippen LogP contribution in [0.4, 0.5) is 0 Å². The summed E-state index contributed by atoms with van der Waals surface area (Å²) in [4.78, 5) is 17.4. The van der Waals surface area contributed by atoms with Crippen LogP contribution in [-0.2, 0) is 21.2 Å². The summed E-state index contributed by atoms with van der Waals surface area (Å²) in [5, 5.41) is 0. The summed E-state index contributed by atoms with van der Waals surface area (Å²) in [6.07, 6.45) is 2.70. The van der Waals surface area contributed by atoms with Gasteiger partial charge in [-0.25, -0.2) is 13.1 Å². The van der Waals surface area contributed by atoms with Crippen molar-refractivity contribution < 1.29 is 13.2 Å². The fraction of sp³-hybridized carbons (Fsp3) is 0.409. The molecular formula is C22H29N3O3S. The second-order valence-electron chi connectivity index (χ2n) is 7.47. The van der Waals surface area contributed by atoms with Crippen molar-refractivity contribution in [1.82, 2.24) is 14.5 Å². The molecule has 1 aliphatic rings. The summed E-state index contributed by atoms with van der Waals surface area (Å²) >= 11 is 0. The van der Waals surface area contributed by atoms with Gasteiger partial charge in [0.1, 0.15) is 0 Å². The lowest BCUT2D eigenvalue weighted by Gasteiger charge is -2.32. The van der Waals surface area contributed by atoms with Gasteiger partial charge < -0.3 is 9.80 Å². The molecule has 6 nitrogen and oxygen atoms in total. The average molecular weight is 416 g/mol. The molecule has 1 amide bonds. The smallest absolute Gasteiger partial charge is 0.240 e. The highest BCUT2D eigenvalue weighted by Gasteiger charge is 2.26. The van der Waals surface area contributed by atoms with Crippen molar-refractivity contribution in [3.05, 3.63) is 65.7 Å². The van der Waals surface area contributed by atoms with Crippen molar-refractivity contribution in [2.24, 2.45) is 0 Å². The highest BCUT2D eigenvalue weighted by atomic mass is 32.2. The molecule has 0 spiro atoms. The van der Waals surface area contributed by atoms with E-state index in [9.17, 15) is 13.2 Å². The minimum absolute atomic E-state index is 0.0484. The first-order valence-electron chi connectivity index (χ1n) is 9.96. The Morgan fingerprint density at radius 2 is 1.69 bits per heavy atom. The van der Waals surface area contributed by atoms with Crippen LogP contribution in [0.1, 0.15) is 30.0 Å². The fourth-order valence-electron chi connectivity index (χ4n) is 3.72. The Hall–Kier alpha value is -2.22. The zero-order valence-corrected chi connectivity index (χ0v) is 17.9. The molecule has 1 fully saturated rings. The van der Waals surface area contributed by atoms with Crippen LogP contribution in [0.3, 0.4) is 0 Å². The third-order valence-corrected chi connectivity index (χ3v) is 6.96. The van der Waals surface area contributed by atoms with Crippen molar-refractivity contribution in [3.8, 4) is 0 Å². The zero-order valence-electron chi connectivity index (χ0n) is 17.0. The minimum atomic E-state index is -3.48. The number of hydrogen-bond donors (Lipinski definition) is 1. The highest BCUT2D eigenvalue weighted by Crippen LogP contribution is 2.25. The Morgan fingerprint density at radius 1 is 1.07 bits per heavy atom. The Labute approximate surface area is 173 Å². The Balaban J connectivity index is 1.82. The number of rotatable bonds is 8. The topological polar surface area (TPSA) is 69.7 Å². The average Bonchev–Trinajstić information content (AvgIpc) is 3.25. The van der Waals surface area contributed by atoms with Crippen LogP contribution in [-0.4, -0.2) is 57.9 Å². The highest BCUT2D eigenvalue weighted by molar-refractivity contribution is 7.89. The number of benzene rings is 2. The lowest BCUT2D eigenvalue weighted by atomic mass is 10.0. The first-order chi connectivity index (χ1) is 13.9. The molecule has 156 valence electrons. The van der Waals surface area contributed by atoms with Gasteiger partial charge in [-0.3, -0.25) is 4.79 Å². The minimum Gasteiger partial charge on any atom is -0.337 e. The van der Waals surface area contributed by atoms with E-state index in [-0.39, 0.29) is 16.8 Å². The van der Waals surface area contributed by atoms with Gasteiger partial charge in [0.2, 0.25) is 15.9 Å². The molecule has 0 aromatic heterocycles. The maximum atomic E-state index is 13.0. The van der Waals surface area contributed by atoms with E-state index >= 15 is 0 Å². The maximum absolute atomic E-state index is 13.0. The molecule has 1 aliphatic heterocycles. The van der Waals surface area contributed by atoms with Crippen molar-refractivity contribution in [2.75, 3.05) is 33.7 Å². The number of amides is 1. The van der Waals surface area contributed by atoms with Crippen molar-refractivity contribution in [3.63, 3.8) is 0 Å². The zero-order chi connectivity index (χ0) is 20.9. The molecule has 0 bridgehead atoms. The van der Waals surface area contributed by atoms with E-state index in [2.05, 4.69) is 9.62 Å². The summed E-state index contributed by atoms with van der Waals surface area (Å²) in [5.74, 6) is 0.0484. The molecule has 1 N–H and O–H groups in total. The number of nitrogens with one attached hydrogen (secondary N) is 1. The van der Waals surface area contributed by atoms with Gasteiger partial charge in [0.05, 0.1) is 17.4 Å². The Kier molecular flexibility index (Phi) is 7.05. The molecule has 1 saturated heterocycles. The SMILES string of the molecule is CNS(=O)(=O)c1ccc(C(CN2CCCC2)N(C)C(=O)Cc2ccccc2)cc1. The number of sulfonamides is 1. The van der Waals surface area contributed by atoms with Crippen LogP contribution in [0.15, 0.2) is 59.5 Å². The molecule has 0 saturated carbocycles. The predicted molar refractivity (Wildman–Crippen MR) is 114 cm³/mol. The van der Waals surface area contributed by atoms with E-state index in [4.69, 9.17) is 0 Å². The second kappa shape index (κ2) is 9.52. The first-order valence-corrected chi connectivity index (χ1v) is 11.4. The van der Waals surface area contributed by atoms with Crippen molar-refractivity contribution in [2.45, 2.75) is 30.2 Å². The molecule has 0 aliphatic carbocycles. The van der Waals surface area contributed by atoms with Crippen LogP contribution < -0.4 is 4.72 Å². The molecule has 1 unspecified atom stereocenters. The number of hydrogen-bond acceptors (Lipinski definition) is 4. The van der Waals surface area contributed by atoms with Gasteiger partial charge in [-0.1, -0.05) is 42.5 Å². The fourth-order valence-corrected chi connectivity index (χ4v) is 4.45. The van der Waals surface area contributed by atoms with Gasteiger partial charge in [-0.2, -0.15) is 0 Å². The summed E-state index contributed by atoms with van der Waals surface area (Å²) in [6, 6.07) is 16.4. The number of carbonyl (C=O) groups excluding carboxylic acids is 1. The molecule has 7 heteroatoms. The van der Waals surface area contributed by atoms with E-state index in [1.54, 1.807) is 17.0 Å². The van der Waals surface area contributed by atoms with Crippen LogP contribution in [0.5, 0.6) is 0 Å². The number of likely N-dealkylation sites (N-methyl/N-ethyl adjacent to an activating group) is 1. The summed E-state index contributed by atoms with van der Waals surface area (Å²) in [5.41, 5.74) is 1.93. The largest absolute Gasteiger partial charge is 0.337 e. The van der Waals surface area contributed by atoms with Crippen molar-refractivity contribution >= 4 is 15.9 Å². The van der Waals surface area contributed by atoms with E-state index < -0.39 is 10.0 Å². The normalized spacial score (nSPS) is 15.9. The standard InChI is InChI=1S/C22H29N3O3S/c1-23-29(27,28)20-12-10-19(11-13-20)21(17-25-14-6-7-15-25)24(2)22(26)16-18-8-4-3-5-9-18/h3-5,8-13,21,23H,6-7,14-17H2,1-2H3. The monoisotopic (exact) mass is 415 g/mol. The van der Waals surface area contributed by atoms with E-state index in [1.165, 1.54) is 19.9 Å². The van der Waals surface area contributed by atoms with Gasteiger partial charge in [0.15, 0.2) is 0 Å². The van der Waals surface area contributed by atoms with Crippen LogP contribution in [0, 0.1) is 0 Å². The molecule has 0 radical (unpaired) electrons. The van der Waals surface area contributed by atoms with Gasteiger partial charge in [0.25, 0.3) is 0 Å². The second-order valence-corrected chi connectivity index (χ2v) is 9.35. The van der Waals surface area contributed by atoms with Crippen molar-refractivity contribution in [1.29, 1.82) is 0 Å². The van der Waals surface area contributed by atoms with Crippen LogP contribution in [0.25, 0.3) is 0 Å². The summed E-state index contributed by atoms with van der Waals surface area (Å²) in [7, 11) is -0.245. The number of carbonyl (C=O) groups is 1. The Morgan fingerprint density at radius 3 is 2.28 bits per heavy atom. The number of likely N-dealkylation sites (tertiary alicyclic amines) is 1. The summed E-state index contributed by atoms with van der Waals surface area (Å²) < 4.78 is 26.4. The predicted octanol–water partition coefficient (Wildman–Crippen LogP) is 2.43. The van der Waals surface area contributed by atoms with E-state index in [1.807, 2.05) is 49.5 Å². The molecule has 2 aromatic carbocycles. The third kappa shape index (κ3) is 5.44. The van der Waals surface area contributed by atoms with E-state index in [0.717, 1.165) is 30.8 Å². The lowest BCUT2D eigenvalue weighted by molar-refractivity contribution is -0.131. The van der Waals surface area contributed by atoms with Gasteiger partial charge in [0, 0.05) is 13.6 Å².